The molecular formula is C15H16FN3. The van der Waals surface area contributed by atoms with Gasteiger partial charge in [-0.1, -0.05) is 12.1 Å². The zero-order valence-corrected chi connectivity index (χ0v) is 11.1. The molecule has 0 aliphatic carbocycles. The highest BCUT2D eigenvalue weighted by atomic mass is 19.1. The van der Waals surface area contributed by atoms with Crippen LogP contribution in [0.1, 0.15) is 22.5 Å². The molecule has 0 unspecified atom stereocenters. The van der Waals surface area contributed by atoms with Gasteiger partial charge in [0.2, 0.25) is 0 Å². The molecule has 98 valence electrons. The quantitative estimate of drug-likeness (QED) is 0.914. The largest absolute Gasteiger partial charge is 0.340 e. The van der Waals surface area contributed by atoms with Crippen LogP contribution in [-0.4, -0.2) is 4.57 Å². The van der Waals surface area contributed by atoms with Gasteiger partial charge in [-0.3, -0.25) is 0 Å². The smallest absolute Gasteiger partial charge is 0.123 e. The van der Waals surface area contributed by atoms with Crippen LogP contribution in [0.3, 0.4) is 0 Å². The van der Waals surface area contributed by atoms with Gasteiger partial charge in [0.05, 0.1) is 0 Å². The first kappa shape index (κ1) is 13.3. The molecule has 0 amide bonds. The summed E-state index contributed by atoms with van der Waals surface area (Å²) in [6.07, 6.45) is 0. The normalized spacial score (nSPS) is 10.4. The van der Waals surface area contributed by atoms with Gasteiger partial charge in [-0.25, -0.2) is 4.39 Å². The van der Waals surface area contributed by atoms with E-state index < -0.39 is 0 Å². The van der Waals surface area contributed by atoms with E-state index in [0.717, 1.165) is 16.8 Å². The van der Waals surface area contributed by atoms with Crippen LogP contribution in [0.4, 0.5) is 4.39 Å². The molecule has 0 saturated carbocycles. The second-order valence-corrected chi connectivity index (χ2v) is 4.54. The molecule has 0 spiro atoms. The number of hydrogen-bond donors (Lipinski definition) is 1. The highest BCUT2D eigenvalue weighted by molar-refractivity contribution is 5.34. The number of nitrogens with one attached hydrogen (secondary N) is 1. The molecule has 1 heterocycles. The monoisotopic (exact) mass is 257 g/mol. The van der Waals surface area contributed by atoms with Gasteiger partial charge in [0, 0.05) is 25.8 Å². The number of hydrogen-bond acceptors (Lipinski definition) is 2. The van der Waals surface area contributed by atoms with E-state index in [1.807, 2.05) is 24.6 Å². The van der Waals surface area contributed by atoms with E-state index >= 15 is 0 Å². The lowest BCUT2D eigenvalue weighted by Crippen LogP contribution is -2.13. The Labute approximate surface area is 112 Å². The summed E-state index contributed by atoms with van der Waals surface area (Å²) in [5.41, 5.74) is 3.90. The van der Waals surface area contributed by atoms with Crippen LogP contribution >= 0.6 is 0 Å². The molecule has 0 aliphatic rings. The molecule has 0 atom stereocenters. The van der Waals surface area contributed by atoms with E-state index in [9.17, 15) is 4.39 Å². The number of aromatic nitrogens is 1. The summed E-state index contributed by atoms with van der Waals surface area (Å²) in [5, 5.41) is 12.3. The molecule has 0 radical (unpaired) electrons. The summed E-state index contributed by atoms with van der Waals surface area (Å²) >= 11 is 0. The molecule has 1 aromatic carbocycles. The maximum Gasteiger partial charge on any atom is 0.123 e. The Balaban J connectivity index is 1.96. The first-order chi connectivity index (χ1) is 9.11. The van der Waals surface area contributed by atoms with Crippen LogP contribution in [0.2, 0.25) is 0 Å². The fourth-order valence-electron chi connectivity index (χ4n) is 1.99. The van der Waals surface area contributed by atoms with E-state index in [1.165, 1.54) is 12.1 Å². The zero-order valence-electron chi connectivity index (χ0n) is 11.1. The molecule has 0 fully saturated rings. The van der Waals surface area contributed by atoms with Crippen molar-refractivity contribution in [1.29, 1.82) is 5.26 Å². The number of benzene rings is 1. The summed E-state index contributed by atoms with van der Waals surface area (Å²) in [6, 6.07) is 10.5. The number of nitriles is 1. The molecule has 1 N–H and O–H groups in total. The van der Waals surface area contributed by atoms with Gasteiger partial charge in [-0.05, 0) is 36.2 Å². The first-order valence-corrected chi connectivity index (χ1v) is 6.12. The van der Waals surface area contributed by atoms with Gasteiger partial charge in [-0.15, -0.1) is 0 Å². The van der Waals surface area contributed by atoms with Crippen molar-refractivity contribution in [3.63, 3.8) is 0 Å². The molecule has 0 saturated heterocycles. The van der Waals surface area contributed by atoms with Gasteiger partial charge < -0.3 is 9.88 Å². The predicted molar refractivity (Wildman–Crippen MR) is 71.8 cm³/mol. The van der Waals surface area contributed by atoms with Crippen molar-refractivity contribution in [1.82, 2.24) is 9.88 Å². The highest BCUT2D eigenvalue weighted by Gasteiger charge is 2.07. The van der Waals surface area contributed by atoms with Crippen LogP contribution < -0.4 is 5.32 Å². The van der Waals surface area contributed by atoms with Crippen molar-refractivity contribution in [2.75, 3.05) is 0 Å². The Hall–Kier alpha value is -2.12. The van der Waals surface area contributed by atoms with E-state index in [-0.39, 0.29) is 5.82 Å². The fourth-order valence-corrected chi connectivity index (χ4v) is 1.99. The van der Waals surface area contributed by atoms with Crippen LogP contribution in [0.25, 0.3) is 0 Å². The van der Waals surface area contributed by atoms with Gasteiger partial charge in [0.25, 0.3) is 0 Å². The average Bonchev–Trinajstić information content (AvgIpc) is 2.69. The Kier molecular flexibility index (Phi) is 3.98. The molecule has 0 aliphatic heterocycles. The predicted octanol–water partition coefficient (Wildman–Crippen LogP) is 2.63. The van der Waals surface area contributed by atoms with Crippen molar-refractivity contribution in [3.05, 3.63) is 58.7 Å². The second-order valence-electron chi connectivity index (χ2n) is 4.54. The average molecular weight is 257 g/mol. The van der Waals surface area contributed by atoms with Crippen molar-refractivity contribution in [2.45, 2.75) is 20.0 Å². The van der Waals surface area contributed by atoms with Crippen LogP contribution in [0.15, 0.2) is 30.3 Å². The van der Waals surface area contributed by atoms with Crippen LogP contribution in [-0.2, 0) is 20.1 Å². The van der Waals surface area contributed by atoms with Crippen LogP contribution in [0, 0.1) is 24.1 Å². The Morgan fingerprint density at radius 2 is 1.95 bits per heavy atom. The molecule has 0 bridgehead atoms. The summed E-state index contributed by atoms with van der Waals surface area (Å²) in [4.78, 5) is 0. The molecule has 4 heteroatoms. The van der Waals surface area contributed by atoms with E-state index in [2.05, 4.69) is 11.4 Å². The van der Waals surface area contributed by atoms with E-state index in [4.69, 9.17) is 5.26 Å². The summed E-state index contributed by atoms with van der Waals surface area (Å²) in [7, 11) is 1.89. The van der Waals surface area contributed by atoms with Crippen molar-refractivity contribution in [2.24, 2.45) is 7.05 Å². The molecular weight excluding hydrogens is 241 g/mol. The van der Waals surface area contributed by atoms with E-state index in [0.29, 0.717) is 18.8 Å². The van der Waals surface area contributed by atoms with Gasteiger partial charge in [-0.2, -0.15) is 5.26 Å². The second kappa shape index (κ2) is 5.68. The maximum atomic E-state index is 12.8. The zero-order chi connectivity index (χ0) is 13.8. The lowest BCUT2D eigenvalue weighted by Gasteiger charge is -2.05. The summed E-state index contributed by atoms with van der Waals surface area (Å²) in [5.74, 6) is -0.221. The number of rotatable bonds is 4. The molecule has 3 nitrogen and oxygen atoms in total. The Morgan fingerprint density at radius 1 is 1.26 bits per heavy atom. The first-order valence-electron chi connectivity index (χ1n) is 6.12. The van der Waals surface area contributed by atoms with Gasteiger partial charge >= 0.3 is 0 Å². The van der Waals surface area contributed by atoms with Crippen molar-refractivity contribution < 1.29 is 4.39 Å². The fraction of sp³-hybridized carbons (Fsp3) is 0.267. The molecule has 2 rings (SSSR count). The topological polar surface area (TPSA) is 40.8 Å². The SMILES string of the molecule is Cc1c(CNCc2ccc(F)cc2)cc(C#N)n1C. The van der Waals surface area contributed by atoms with Crippen LogP contribution in [0.5, 0.6) is 0 Å². The number of nitrogens with zero attached hydrogens (tertiary/aromatic N) is 2. The molecule has 19 heavy (non-hydrogen) atoms. The molecule has 2 aromatic rings. The number of halogens is 1. The minimum atomic E-state index is -0.221. The maximum absolute atomic E-state index is 12.8. The Bertz CT molecular complexity index is 606. The lowest BCUT2D eigenvalue weighted by atomic mass is 10.2. The van der Waals surface area contributed by atoms with Gasteiger partial charge in [0.15, 0.2) is 0 Å². The third-order valence-corrected chi connectivity index (χ3v) is 3.31. The Morgan fingerprint density at radius 3 is 2.53 bits per heavy atom. The van der Waals surface area contributed by atoms with Crippen molar-refractivity contribution in [3.8, 4) is 6.07 Å². The summed E-state index contributed by atoms with van der Waals surface area (Å²) < 4.78 is 14.6. The minimum Gasteiger partial charge on any atom is -0.340 e. The minimum absolute atomic E-state index is 0.221. The summed E-state index contributed by atoms with van der Waals surface area (Å²) in [6.45, 7) is 3.37. The van der Waals surface area contributed by atoms with E-state index in [1.54, 1.807) is 12.1 Å². The molecule has 1 aromatic heterocycles. The highest BCUT2D eigenvalue weighted by Crippen LogP contribution is 2.13. The third-order valence-electron chi connectivity index (χ3n) is 3.31. The third kappa shape index (κ3) is 3.01. The lowest BCUT2D eigenvalue weighted by molar-refractivity contribution is 0.624. The van der Waals surface area contributed by atoms with Crippen molar-refractivity contribution >= 4 is 0 Å². The van der Waals surface area contributed by atoms with Gasteiger partial charge in [0.1, 0.15) is 17.6 Å². The standard InChI is InChI=1S/C15H16FN3/c1-11-13(7-15(8-17)19(11)2)10-18-9-12-3-5-14(16)6-4-12/h3-7,18H,9-10H2,1-2H3.